The maximum Gasteiger partial charge on any atom is 0.170 e. The fourth-order valence-electron chi connectivity index (χ4n) is 4.48. The normalized spacial score (nSPS) is 24.3. The number of rotatable bonds is 3. The Morgan fingerprint density at radius 2 is 1.89 bits per heavy atom. The lowest BCUT2D eigenvalue weighted by molar-refractivity contribution is 0.197. The van der Waals surface area contributed by atoms with Crippen LogP contribution in [0.15, 0.2) is 42.9 Å². The van der Waals surface area contributed by atoms with Gasteiger partial charge in [-0.15, -0.1) is 0 Å². The fourth-order valence-corrected chi connectivity index (χ4v) is 4.87. The first-order chi connectivity index (χ1) is 12.9. The number of nitrogens with zero attached hydrogens (tertiary/aromatic N) is 3. The third-order valence-corrected chi connectivity index (χ3v) is 6.26. The quantitative estimate of drug-likeness (QED) is 0.762. The Morgan fingerprint density at radius 3 is 2.52 bits per heavy atom. The predicted octanol–water partition coefficient (Wildman–Crippen LogP) is 4.94. The molecule has 27 heavy (non-hydrogen) atoms. The van der Waals surface area contributed by atoms with E-state index in [1.54, 1.807) is 0 Å². The van der Waals surface area contributed by atoms with Gasteiger partial charge in [-0.25, -0.2) is 0 Å². The van der Waals surface area contributed by atoms with Gasteiger partial charge in [0.15, 0.2) is 5.11 Å². The summed E-state index contributed by atoms with van der Waals surface area (Å²) in [4.78, 5) is 7.13. The number of hydrogen-bond acceptors (Lipinski definition) is 2. The Balaban J connectivity index is 1.74. The van der Waals surface area contributed by atoms with Gasteiger partial charge in [0.2, 0.25) is 0 Å². The van der Waals surface area contributed by atoms with Gasteiger partial charge in [-0.2, -0.15) is 0 Å². The highest BCUT2D eigenvalue weighted by Gasteiger charge is 2.43. The minimum atomic E-state index is 0.0704. The molecular weight excluding hydrogens is 352 g/mol. The van der Waals surface area contributed by atoms with Crippen LogP contribution >= 0.6 is 12.2 Å². The fraction of sp³-hybridized carbons (Fsp3) is 0.545. The summed E-state index contributed by atoms with van der Waals surface area (Å²) in [7, 11) is 0. The summed E-state index contributed by atoms with van der Waals surface area (Å²) < 4.78 is 2.30. The van der Waals surface area contributed by atoms with Crippen molar-refractivity contribution in [2.45, 2.75) is 76.5 Å². The number of thiocarbonyl (C=S) groups is 1. The van der Waals surface area contributed by atoms with Crippen LogP contribution in [0.4, 0.5) is 0 Å². The van der Waals surface area contributed by atoms with Crippen molar-refractivity contribution in [3.05, 3.63) is 54.1 Å². The number of aromatic nitrogens is 2. The van der Waals surface area contributed by atoms with Crippen LogP contribution in [0.1, 0.15) is 76.2 Å². The van der Waals surface area contributed by atoms with Crippen LogP contribution in [0.5, 0.6) is 0 Å². The zero-order valence-electron chi connectivity index (χ0n) is 16.6. The molecule has 0 aromatic carbocycles. The molecule has 144 valence electrons. The standard InChI is InChI=1S/C22H30N4S/c1-22(2,3)25-14-12-16(15-25)20-19(18-11-7-8-13-23-18)24-21(27)26(20)17-9-5-4-6-10-17/h7-8,11-15,17,19-20H,4-6,9-10H2,1-3H3,(H,24,27)/t19-,20-/m1/s1. The topological polar surface area (TPSA) is 33.1 Å². The second-order valence-electron chi connectivity index (χ2n) is 8.85. The van der Waals surface area contributed by atoms with Gasteiger partial charge in [0.1, 0.15) is 0 Å². The van der Waals surface area contributed by atoms with Crippen molar-refractivity contribution >= 4 is 17.3 Å². The first-order valence-corrected chi connectivity index (χ1v) is 10.5. The van der Waals surface area contributed by atoms with E-state index in [0.717, 1.165) is 10.8 Å². The first kappa shape index (κ1) is 18.5. The molecule has 0 bridgehead atoms. The summed E-state index contributed by atoms with van der Waals surface area (Å²) in [6.45, 7) is 6.72. The average molecular weight is 383 g/mol. The third-order valence-electron chi connectivity index (χ3n) is 5.94. The van der Waals surface area contributed by atoms with Crippen LogP contribution in [0.25, 0.3) is 0 Å². The summed E-state index contributed by atoms with van der Waals surface area (Å²) in [5.74, 6) is 0. The predicted molar refractivity (Wildman–Crippen MR) is 114 cm³/mol. The van der Waals surface area contributed by atoms with Crippen LogP contribution in [0.3, 0.4) is 0 Å². The second-order valence-corrected chi connectivity index (χ2v) is 9.24. The zero-order valence-corrected chi connectivity index (χ0v) is 17.4. The van der Waals surface area contributed by atoms with E-state index in [4.69, 9.17) is 12.2 Å². The molecule has 1 saturated heterocycles. The summed E-state index contributed by atoms with van der Waals surface area (Å²) in [6.07, 6.45) is 12.8. The van der Waals surface area contributed by atoms with Crippen molar-refractivity contribution < 1.29 is 0 Å². The minimum Gasteiger partial charge on any atom is -0.352 e. The van der Waals surface area contributed by atoms with Crippen molar-refractivity contribution in [1.29, 1.82) is 0 Å². The van der Waals surface area contributed by atoms with E-state index >= 15 is 0 Å². The molecule has 5 heteroatoms. The Hall–Kier alpha value is -1.88. The number of pyridine rings is 1. The Morgan fingerprint density at radius 1 is 1.11 bits per heavy atom. The van der Waals surface area contributed by atoms with Crippen LogP contribution < -0.4 is 5.32 Å². The molecule has 1 saturated carbocycles. The van der Waals surface area contributed by atoms with Gasteiger partial charge in [-0.3, -0.25) is 4.98 Å². The van der Waals surface area contributed by atoms with Gasteiger partial charge >= 0.3 is 0 Å². The molecule has 0 amide bonds. The highest BCUT2D eigenvalue weighted by molar-refractivity contribution is 7.80. The SMILES string of the molecule is CC(C)(C)n1ccc([C@@H]2[C@@H](c3ccccn3)NC(=S)N2C2CCCCC2)c1. The van der Waals surface area contributed by atoms with Crippen LogP contribution in [0, 0.1) is 0 Å². The lowest BCUT2D eigenvalue weighted by Crippen LogP contribution is -2.40. The molecule has 4 rings (SSSR count). The number of hydrogen-bond donors (Lipinski definition) is 1. The monoisotopic (exact) mass is 382 g/mol. The highest BCUT2D eigenvalue weighted by atomic mass is 32.1. The molecule has 2 aliphatic rings. The van der Waals surface area contributed by atoms with Gasteiger partial charge in [0.25, 0.3) is 0 Å². The van der Waals surface area contributed by atoms with Crippen LogP contribution in [-0.2, 0) is 5.54 Å². The molecule has 1 N–H and O–H groups in total. The van der Waals surface area contributed by atoms with Crippen molar-refractivity contribution in [3.8, 4) is 0 Å². The molecule has 0 radical (unpaired) electrons. The summed E-state index contributed by atoms with van der Waals surface area (Å²) in [5.41, 5.74) is 2.45. The Bertz CT molecular complexity index is 786. The summed E-state index contributed by atoms with van der Waals surface area (Å²) >= 11 is 5.84. The lowest BCUT2D eigenvalue weighted by atomic mass is 9.91. The molecule has 3 heterocycles. The summed E-state index contributed by atoms with van der Waals surface area (Å²) in [6, 6.07) is 9.22. The van der Waals surface area contributed by atoms with Crippen molar-refractivity contribution in [2.75, 3.05) is 0 Å². The molecule has 0 spiro atoms. The van der Waals surface area contributed by atoms with Gasteiger partial charge in [0.05, 0.1) is 17.8 Å². The van der Waals surface area contributed by atoms with Crippen molar-refractivity contribution in [1.82, 2.24) is 19.8 Å². The minimum absolute atomic E-state index is 0.0704. The largest absolute Gasteiger partial charge is 0.352 e. The van der Waals surface area contributed by atoms with Gasteiger partial charge < -0.3 is 14.8 Å². The maximum absolute atomic E-state index is 5.84. The van der Waals surface area contributed by atoms with E-state index in [9.17, 15) is 0 Å². The van der Waals surface area contributed by atoms with E-state index in [-0.39, 0.29) is 17.6 Å². The first-order valence-electron chi connectivity index (χ1n) is 10.1. The molecular formula is C22H30N4S. The maximum atomic E-state index is 5.84. The van der Waals surface area contributed by atoms with Crippen LogP contribution in [0.2, 0.25) is 0 Å². The van der Waals surface area contributed by atoms with E-state index in [1.165, 1.54) is 37.7 Å². The Labute approximate surface area is 168 Å². The molecule has 4 nitrogen and oxygen atoms in total. The van der Waals surface area contributed by atoms with E-state index < -0.39 is 0 Å². The zero-order chi connectivity index (χ0) is 19.0. The molecule has 2 aromatic rings. The summed E-state index contributed by atoms with van der Waals surface area (Å²) in [5, 5.41) is 4.48. The van der Waals surface area contributed by atoms with E-state index in [2.05, 4.69) is 71.1 Å². The van der Waals surface area contributed by atoms with Crippen LogP contribution in [-0.4, -0.2) is 25.6 Å². The van der Waals surface area contributed by atoms with Crippen molar-refractivity contribution in [3.63, 3.8) is 0 Å². The average Bonchev–Trinajstić information content (AvgIpc) is 3.27. The van der Waals surface area contributed by atoms with E-state index in [1.807, 2.05) is 12.3 Å². The Kier molecular flexibility index (Phi) is 4.97. The molecule has 1 aliphatic heterocycles. The van der Waals surface area contributed by atoms with Gasteiger partial charge in [0, 0.05) is 30.2 Å². The second kappa shape index (κ2) is 7.27. The third kappa shape index (κ3) is 3.62. The molecule has 2 aromatic heterocycles. The molecule has 2 fully saturated rings. The number of nitrogens with one attached hydrogen (secondary N) is 1. The molecule has 0 unspecified atom stereocenters. The lowest BCUT2D eigenvalue weighted by Gasteiger charge is -2.37. The van der Waals surface area contributed by atoms with Gasteiger partial charge in [-0.1, -0.05) is 25.3 Å². The molecule has 1 aliphatic carbocycles. The van der Waals surface area contributed by atoms with Gasteiger partial charge in [-0.05, 0) is 69.6 Å². The molecule has 2 atom stereocenters. The van der Waals surface area contributed by atoms with Crippen molar-refractivity contribution in [2.24, 2.45) is 0 Å². The highest BCUT2D eigenvalue weighted by Crippen LogP contribution is 2.42. The van der Waals surface area contributed by atoms with E-state index in [0.29, 0.717) is 6.04 Å². The smallest absolute Gasteiger partial charge is 0.170 e.